The van der Waals surface area contributed by atoms with E-state index in [2.05, 4.69) is 10.3 Å². The van der Waals surface area contributed by atoms with Gasteiger partial charge in [-0.2, -0.15) is 0 Å². The smallest absolute Gasteiger partial charge is 0.287 e. The van der Waals surface area contributed by atoms with Crippen LogP contribution in [0, 0.1) is 10.1 Å². The van der Waals surface area contributed by atoms with Gasteiger partial charge in [-0.3, -0.25) is 14.9 Å². The Hall–Kier alpha value is -2.83. The van der Waals surface area contributed by atoms with E-state index in [1.165, 1.54) is 24.3 Å². The molecule has 1 aromatic carbocycles. The van der Waals surface area contributed by atoms with E-state index in [1.54, 1.807) is 0 Å². The molecule has 0 atom stereocenters. The van der Waals surface area contributed by atoms with Crippen molar-refractivity contribution in [3.8, 4) is 5.75 Å². The molecule has 0 fully saturated rings. The number of aromatic amines is 1. The van der Waals surface area contributed by atoms with E-state index in [0.29, 0.717) is 5.69 Å². The molecule has 0 unspecified atom stereocenters. The van der Waals surface area contributed by atoms with Crippen molar-refractivity contribution in [1.82, 2.24) is 4.98 Å². The quantitative estimate of drug-likeness (QED) is 0.437. The standard InChI is InChI=1S/C11H9N3O4/c15-9-3-1-7(2-4-9)13-11(16)10-5-8(6-12-10)14(17)18/h1-6,12,15H,(H,13,16). The minimum absolute atomic E-state index is 0.0866. The number of hydrogen-bond donors (Lipinski definition) is 3. The van der Waals surface area contributed by atoms with Gasteiger partial charge in [-0.15, -0.1) is 0 Å². The van der Waals surface area contributed by atoms with E-state index in [9.17, 15) is 14.9 Å². The summed E-state index contributed by atoms with van der Waals surface area (Å²) >= 11 is 0. The van der Waals surface area contributed by atoms with Gasteiger partial charge in [0, 0.05) is 11.8 Å². The Balaban J connectivity index is 2.11. The number of amides is 1. The van der Waals surface area contributed by atoms with E-state index < -0.39 is 10.8 Å². The molecule has 1 aromatic heterocycles. The molecule has 92 valence electrons. The van der Waals surface area contributed by atoms with Crippen molar-refractivity contribution < 1.29 is 14.8 Å². The van der Waals surface area contributed by atoms with Gasteiger partial charge in [-0.1, -0.05) is 0 Å². The molecule has 7 heteroatoms. The van der Waals surface area contributed by atoms with Crippen LogP contribution in [0.5, 0.6) is 5.75 Å². The van der Waals surface area contributed by atoms with E-state index in [-0.39, 0.29) is 17.1 Å². The zero-order chi connectivity index (χ0) is 13.1. The zero-order valence-electron chi connectivity index (χ0n) is 9.08. The van der Waals surface area contributed by atoms with E-state index >= 15 is 0 Å². The Morgan fingerprint density at radius 1 is 1.33 bits per heavy atom. The lowest BCUT2D eigenvalue weighted by Gasteiger charge is -2.02. The van der Waals surface area contributed by atoms with Gasteiger partial charge in [-0.05, 0) is 24.3 Å². The monoisotopic (exact) mass is 247 g/mol. The third-order valence-corrected chi connectivity index (χ3v) is 2.25. The number of nitrogens with zero attached hydrogens (tertiary/aromatic N) is 1. The van der Waals surface area contributed by atoms with Crippen LogP contribution in [0.15, 0.2) is 36.5 Å². The average Bonchev–Trinajstić information content (AvgIpc) is 2.81. The Labute approximate surface area is 101 Å². The van der Waals surface area contributed by atoms with Crippen molar-refractivity contribution in [2.45, 2.75) is 0 Å². The molecule has 1 heterocycles. The summed E-state index contributed by atoms with van der Waals surface area (Å²) in [6.45, 7) is 0. The lowest BCUT2D eigenvalue weighted by atomic mass is 10.3. The van der Waals surface area contributed by atoms with E-state index in [4.69, 9.17) is 5.11 Å². The molecule has 0 aliphatic carbocycles. The lowest BCUT2D eigenvalue weighted by molar-refractivity contribution is -0.384. The van der Waals surface area contributed by atoms with Crippen molar-refractivity contribution in [3.05, 3.63) is 52.3 Å². The summed E-state index contributed by atoms with van der Waals surface area (Å²) in [7, 11) is 0. The highest BCUT2D eigenvalue weighted by molar-refractivity contribution is 6.03. The van der Waals surface area contributed by atoms with Gasteiger partial charge in [0.25, 0.3) is 11.6 Å². The Morgan fingerprint density at radius 2 is 2.00 bits per heavy atom. The molecular formula is C11H9N3O4. The first-order valence-corrected chi connectivity index (χ1v) is 4.99. The van der Waals surface area contributed by atoms with Crippen molar-refractivity contribution in [2.75, 3.05) is 5.32 Å². The van der Waals surface area contributed by atoms with Crippen molar-refractivity contribution in [2.24, 2.45) is 0 Å². The van der Waals surface area contributed by atoms with Crippen LogP contribution in [0.4, 0.5) is 11.4 Å². The molecule has 0 bridgehead atoms. The fourth-order valence-electron chi connectivity index (χ4n) is 1.36. The maximum Gasteiger partial charge on any atom is 0.287 e. The maximum atomic E-state index is 11.7. The second kappa shape index (κ2) is 4.58. The van der Waals surface area contributed by atoms with Gasteiger partial charge in [-0.25, -0.2) is 0 Å². The summed E-state index contributed by atoms with van der Waals surface area (Å²) in [6.07, 6.45) is 1.14. The van der Waals surface area contributed by atoms with Crippen LogP contribution >= 0.6 is 0 Å². The highest BCUT2D eigenvalue weighted by atomic mass is 16.6. The summed E-state index contributed by atoms with van der Waals surface area (Å²) in [6, 6.07) is 7.03. The number of phenolic OH excluding ortho intramolecular Hbond substituents is 1. The molecule has 1 amide bonds. The summed E-state index contributed by atoms with van der Waals surface area (Å²) in [5, 5.41) is 22.1. The van der Waals surface area contributed by atoms with Crippen LogP contribution in [0.3, 0.4) is 0 Å². The number of nitrogens with one attached hydrogen (secondary N) is 2. The second-order valence-electron chi connectivity index (χ2n) is 3.53. The molecule has 0 saturated carbocycles. The van der Waals surface area contributed by atoms with Crippen LogP contribution in [0.1, 0.15) is 10.5 Å². The Morgan fingerprint density at radius 3 is 2.56 bits per heavy atom. The van der Waals surface area contributed by atoms with Crippen molar-refractivity contribution in [1.29, 1.82) is 0 Å². The first-order chi connectivity index (χ1) is 8.56. The van der Waals surface area contributed by atoms with Gasteiger partial charge in [0.2, 0.25) is 0 Å². The molecule has 3 N–H and O–H groups in total. The molecular weight excluding hydrogens is 238 g/mol. The third kappa shape index (κ3) is 2.46. The number of nitro groups is 1. The largest absolute Gasteiger partial charge is 0.508 e. The highest BCUT2D eigenvalue weighted by Crippen LogP contribution is 2.16. The number of benzene rings is 1. The van der Waals surface area contributed by atoms with Gasteiger partial charge >= 0.3 is 0 Å². The first kappa shape index (κ1) is 11.6. The van der Waals surface area contributed by atoms with Crippen LogP contribution < -0.4 is 5.32 Å². The number of aromatic nitrogens is 1. The number of carbonyl (C=O) groups is 1. The molecule has 0 spiro atoms. The summed E-state index contributed by atoms with van der Waals surface area (Å²) in [5.41, 5.74) is 0.399. The van der Waals surface area contributed by atoms with Crippen LogP contribution in [-0.4, -0.2) is 20.9 Å². The topological polar surface area (TPSA) is 108 Å². The molecule has 0 aliphatic rings. The molecule has 0 saturated heterocycles. The number of rotatable bonds is 3. The number of anilines is 1. The van der Waals surface area contributed by atoms with Crippen molar-refractivity contribution in [3.63, 3.8) is 0 Å². The van der Waals surface area contributed by atoms with E-state index in [1.807, 2.05) is 0 Å². The zero-order valence-corrected chi connectivity index (χ0v) is 9.08. The van der Waals surface area contributed by atoms with Gasteiger partial charge in [0.1, 0.15) is 11.4 Å². The number of phenols is 1. The third-order valence-electron chi connectivity index (χ3n) is 2.25. The number of carbonyl (C=O) groups excluding carboxylic acids is 1. The average molecular weight is 247 g/mol. The minimum Gasteiger partial charge on any atom is -0.508 e. The van der Waals surface area contributed by atoms with Gasteiger partial charge in [0.05, 0.1) is 11.1 Å². The molecule has 0 aliphatic heterocycles. The SMILES string of the molecule is O=C(Nc1ccc(O)cc1)c1cc([N+](=O)[O-])c[nH]1. The fraction of sp³-hybridized carbons (Fsp3) is 0. The van der Waals surface area contributed by atoms with Crippen LogP contribution in [0.2, 0.25) is 0 Å². The Bertz CT molecular complexity index is 589. The highest BCUT2D eigenvalue weighted by Gasteiger charge is 2.14. The maximum absolute atomic E-state index is 11.7. The number of H-pyrrole nitrogens is 1. The van der Waals surface area contributed by atoms with Crippen molar-refractivity contribution >= 4 is 17.3 Å². The van der Waals surface area contributed by atoms with Gasteiger partial charge < -0.3 is 15.4 Å². The number of hydrogen-bond acceptors (Lipinski definition) is 4. The van der Waals surface area contributed by atoms with Crippen LogP contribution in [0.25, 0.3) is 0 Å². The normalized spacial score (nSPS) is 10.0. The van der Waals surface area contributed by atoms with E-state index in [0.717, 1.165) is 12.3 Å². The first-order valence-electron chi connectivity index (χ1n) is 4.99. The number of aromatic hydroxyl groups is 1. The molecule has 7 nitrogen and oxygen atoms in total. The summed E-state index contributed by atoms with van der Waals surface area (Å²) in [4.78, 5) is 24.1. The molecule has 18 heavy (non-hydrogen) atoms. The molecule has 2 rings (SSSR count). The minimum atomic E-state index is -0.589. The Kier molecular flexibility index (Phi) is 2.96. The predicted molar refractivity (Wildman–Crippen MR) is 63.5 cm³/mol. The second-order valence-corrected chi connectivity index (χ2v) is 3.53. The molecule has 0 radical (unpaired) electrons. The van der Waals surface area contributed by atoms with Crippen LogP contribution in [-0.2, 0) is 0 Å². The lowest BCUT2D eigenvalue weighted by Crippen LogP contribution is -2.11. The summed E-state index contributed by atoms with van der Waals surface area (Å²) < 4.78 is 0. The molecule has 2 aromatic rings. The predicted octanol–water partition coefficient (Wildman–Crippen LogP) is 1.88. The fourth-order valence-corrected chi connectivity index (χ4v) is 1.36. The summed E-state index contributed by atoms with van der Waals surface area (Å²) in [5.74, 6) is -0.405. The van der Waals surface area contributed by atoms with Gasteiger partial charge in [0.15, 0.2) is 0 Å².